The number of ether oxygens (including phenoxy) is 4. The van der Waals surface area contributed by atoms with Crippen LogP contribution < -0.4 is 24.3 Å². The van der Waals surface area contributed by atoms with E-state index in [1.165, 1.54) is 6.08 Å². The smallest absolute Gasteiger partial charge is 0.248 e. The molecule has 0 unspecified atom stereocenters. The molecule has 6 nitrogen and oxygen atoms in total. The molecule has 0 aliphatic heterocycles. The first-order chi connectivity index (χ1) is 13.9. The molecule has 0 aliphatic carbocycles. The van der Waals surface area contributed by atoms with Gasteiger partial charge < -0.3 is 24.3 Å². The van der Waals surface area contributed by atoms with Crippen molar-refractivity contribution >= 4 is 17.7 Å². The highest BCUT2D eigenvalue weighted by Gasteiger charge is 2.10. The first-order valence-electron chi connectivity index (χ1n) is 9.40. The lowest BCUT2D eigenvalue weighted by Gasteiger charge is -2.13. The third-order valence-electron chi connectivity index (χ3n) is 4.18. The monoisotopic (exact) mass is 399 g/mol. The molecule has 6 heteroatoms. The van der Waals surface area contributed by atoms with Gasteiger partial charge in [-0.3, -0.25) is 4.79 Å². The van der Waals surface area contributed by atoms with Crippen LogP contribution in [0.25, 0.3) is 6.08 Å². The van der Waals surface area contributed by atoms with Crippen LogP contribution in [0.2, 0.25) is 0 Å². The summed E-state index contributed by atoms with van der Waals surface area (Å²) in [5.41, 5.74) is 2.36. The number of benzene rings is 2. The van der Waals surface area contributed by atoms with Crippen molar-refractivity contribution in [1.29, 1.82) is 0 Å². The predicted octanol–water partition coefficient (Wildman–Crippen LogP) is 4.71. The van der Waals surface area contributed by atoms with Gasteiger partial charge >= 0.3 is 0 Å². The second-order valence-corrected chi connectivity index (χ2v) is 6.96. The average molecular weight is 399 g/mol. The molecule has 0 saturated carbocycles. The molecule has 2 aromatic rings. The first kappa shape index (κ1) is 22.1. The van der Waals surface area contributed by atoms with Crippen molar-refractivity contribution in [2.75, 3.05) is 33.3 Å². The van der Waals surface area contributed by atoms with Crippen molar-refractivity contribution < 1.29 is 23.7 Å². The van der Waals surface area contributed by atoms with Crippen molar-refractivity contribution in [3.63, 3.8) is 0 Å². The molecular formula is C23H29NO5. The molecule has 0 radical (unpaired) electrons. The number of carbonyl (C=O) groups is 1. The van der Waals surface area contributed by atoms with E-state index in [9.17, 15) is 4.79 Å². The van der Waals surface area contributed by atoms with E-state index in [0.717, 1.165) is 11.1 Å². The summed E-state index contributed by atoms with van der Waals surface area (Å²) in [5, 5.41) is 2.86. The van der Waals surface area contributed by atoms with Gasteiger partial charge in [0.25, 0.3) is 0 Å². The maximum absolute atomic E-state index is 12.4. The number of rotatable bonds is 9. The number of anilines is 1. The van der Waals surface area contributed by atoms with Crippen LogP contribution in [0.4, 0.5) is 5.69 Å². The van der Waals surface area contributed by atoms with Gasteiger partial charge in [0, 0.05) is 17.8 Å². The predicted molar refractivity (Wildman–Crippen MR) is 115 cm³/mol. The Morgan fingerprint density at radius 1 is 0.966 bits per heavy atom. The number of methoxy groups -OCH3 is 3. The maximum Gasteiger partial charge on any atom is 0.248 e. The van der Waals surface area contributed by atoms with Crippen LogP contribution >= 0.6 is 0 Å². The van der Waals surface area contributed by atoms with Crippen LogP contribution in [-0.4, -0.2) is 33.8 Å². The number of nitrogens with one attached hydrogen (secondary N) is 1. The fraction of sp³-hybridized carbons (Fsp3) is 0.348. The molecule has 0 heterocycles. The van der Waals surface area contributed by atoms with Gasteiger partial charge in [-0.15, -0.1) is 0 Å². The number of carbonyl (C=O) groups excluding carboxylic acids is 1. The Labute approximate surface area is 172 Å². The van der Waals surface area contributed by atoms with E-state index in [1.54, 1.807) is 33.5 Å². The quantitative estimate of drug-likeness (QED) is 0.619. The average Bonchev–Trinajstić information content (AvgIpc) is 2.71. The fourth-order valence-electron chi connectivity index (χ4n) is 2.63. The van der Waals surface area contributed by atoms with Gasteiger partial charge in [-0.05, 0) is 48.2 Å². The zero-order chi connectivity index (χ0) is 21.4. The molecule has 0 spiro atoms. The van der Waals surface area contributed by atoms with Crippen LogP contribution in [0.5, 0.6) is 23.0 Å². The number of hydrogen-bond donors (Lipinski definition) is 1. The molecule has 0 saturated heterocycles. The summed E-state index contributed by atoms with van der Waals surface area (Å²) >= 11 is 0. The maximum atomic E-state index is 12.4. The molecular weight excluding hydrogens is 370 g/mol. The highest BCUT2D eigenvalue weighted by atomic mass is 16.5. The van der Waals surface area contributed by atoms with Gasteiger partial charge in [0.1, 0.15) is 0 Å². The van der Waals surface area contributed by atoms with Crippen LogP contribution in [0.1, 0.15) is 25.0 Å². The molecule has 2 rings (SSSR count). The minimum Gasteiger partial charge on any atom is -0.493 e. The van der Waals surface area contributed by atoms with Crippen LogP contribution in [0.3, 0.4) is 0 Å². The molecule has 156 valence electrons. The van der Waals surface area contributed by atoms with Gasteiger partial charge in [0.05, 0.1) is 27.9 Å². The van der Waals surface area contributed by atoms with Crippen LogP contribution in [0.15, 0.2) is 36.4 Å². The molecule has 29 heavy (non-hydrogen) atoms. The van der Waals surface area contributed by atoms with E-state index in [4.69, 9.17) is 18.9 Å². The lowest BCUT2D eigenvalue weighted by atomic mass is 10.1. The van der Waals surface area contributed by atoms with Gasteiger partial charge in [0.15, 0.2) is 23.0 Å². The lowest BCUT2D eigenvalue weighted by molar-refractivity contribution is -0.111. The molecule has 0 aromatic heterocycles. The third kappa shape index (κ3) is 6.17. The van der Waals surface area contributed by atoms with Crippen LogP contribution in [-0.2, 0) is 4.79 Å². The minimum atomic E-state index is -0.251. The molecule has 1 amide bonds. The number of aryl methyl sites for hydroxylation is 1. The second-order valence-electron chi connectivity index (χ2n) is 6.96. The van der Waals surface area contributed by atoms with E-state index >= 15 is 0 Å². The Kier molecular flexibility index (Phi) is 7.95. The molecule has 0 fully saturated rings. The largest absolute Gasteiger partial charge is 0.493 e. The standard InChI is InChI=1S/C23H29NO5/c1-15(2)14-29-19-9-7-17(12-21(19)27-5)8-10-23(25)24-18-13-22(28-6)20(26-4)11-16(18)3/h7-13,15H,14H2,1-6H3,(H,24,25)/b10-8+. The van der Waals surface area contributed by atoms with E-state index in [2.05, 4.69) is 19.2 Å². The summed E-state index contributed by atoms with van der Waals surface area (Å²) in [6.45, 7) is 6.67. The normalized spacial score (nSPS) is 10.9. The molecule has 2 aromatic carbocycles. The van der Waals surface area contributed by atoms with Crippen LogP contribution in [0, 0.1) is 12.8 Å². The Hall–Kier alpha value is -3.15. The first-order valence-corrected chi connectivity index (χ1v) is 9.40. The SMILES string of the molecule is COc1cc(C)c(NC(=O)/C=C/c2ccc(OCC(C)C)c(OC)c2)cc1OC. The second kappa shape index (κ2) is 10.4. The highest BCUT2D eigenvalue weighted by Crippen LogP contribution is 2.33. The van der Waals surface area contributed by atoms with Crippen molar-refractivity contribution in [1.82, 2.24) is 0 Å². The zero-order valence-electron chi connectivity index (χ0n) is 17.9. The van der Waals surface area contributed by atoms with E-state index in [1.807, 2.05) is 31.2 Å². The molecule has 0 aliphatic rings. The van der Waals surface area contributed by atoms with Gasteiger partial charge in [-0.25, -0.2) is 0 Å². The number of hydrogen-bond acceptors (Lipinski definition) is 5. The summed E-state index contributed by atoms with van der Waals surface area (Å²) in [6, 6.07) is 9.12. The topological polar surface area (TPSA) is 66.0 Å². The van der Waals surface area contributed by atoms with Crippen molar-refractivity contribution in [2.45, 2.75) is 20.8 Å². The summed E-state index contributed by atoms with van der Waals surface area (Å²) in [5.74, 6) is 2.65. The Morgan fingerprint density at radius 2 is 1.59 bits per heavy atom. The lowest BCUT2D eigenvalue weighted by Crippen LogP contribution is -2.09. The third-order valence-corrected chi connectivity index (χ3v) is 4.18. The fourth-order valence-corrected chi connectivity index (χ4v) is 2.63. The highest BCUT2D eigenvalue weighted by molar-refractivity contribution is 6.02. The minimum absolute atomic E-state index is 0.251. The van der Waals surface area contributed by atoms with E-state index in [0.29, 0.717) is 41.2 Å². The van der Waals surface area contributed by atoms with Gasteiger partial charge in [-0.1, -0.05) is 19.9 Å². The summed E-state index contributed by atoms with van der Waals surface area (Å²) in [7, 11) is 4.73. The van der Waals surface area contributed by atoms with Crippen molar-refractivity contribution in [3.05, 3.63) is 47.5 Å². The van der Waals surface area contributed by atoms with Crippen molar-refractivity contribution in [3.8, 4) is 23.0 Å². The number of amides is 1. The van der Waals surface area contributed by atoms with E-state index in [-0.39, 0.29) is 5.91 Å². The molecule has 0 atom stereocenters. The summed E-state index contributed by atoms with van der Waals surface area (Å²) in [6.07, 6.45) is 3.19. The van der Waals surface area contributed by atoms with Gasteiger partial charge in [0.2, 0.25) is 5.91 Å². The Bertz CT molecular complexity index is 874. The summed E-state index contributed by atoms with van der Waals surface area (Å²) in [4.78, 5) is 12.4. The molecule has 0 bridgehead atoms. The zero-order valence-corrected chi connectivity index (χ0v) is 17.9. The Balaban J connectivity index is 2.11. The van der Waals surface area contributed by atoms with Crippen molar-refractivity contribution in [2.24, 2.45) is 5.92 Å². The Morgan fingerprint density at radius 3 is 2.21 bits per heavy atom. The molecule has 1 N–H and O–H groups in total. The van der Waals surface area contributed by atoms with E-state index < -0.39 is 0 Å². The van der Waals surface area contributed by atoms with Gasteiger partial charge in [-0.2, -0.15) is 0 Å². The summed E-state index contributed by atoms with van der Waals surface area (Å²) < 4.78 is 21.7.